The van der Waals surface area contributed by atoms with Crippen molar-refractivity contribution in [3.05, 3.63) is 83.1 Å². The van der Waals surface area contributed by atoms with Gasteiger partial charge in [0.1, 0.15) is 18.2 Å². The number of benzene rings is 2. The lowest BCUT2D eigenvalue weighted by molar-refractivity contribution is -0.164. The predicted octanol–water partition coefficient (Wildman–Crippen LogP) is 3.96. The number of amides is 3. The summed E-state index contributed by atoms with van der Waals surface area (Å²) in [5.74, 6) is -2.54. The Hall–Kier alpha value is -4.48. The van der Waals surface area contributed by atoms with Gasteiger partial charge < -0.3 is 35.1 Å². The standard InChI is InChI=1S/C37H48N4O7/c1-21-16-22(2)25(5)48-37(46)33(47-7)32(27-14-12-26(20-42)13-15-27)40-35(44)31(18-28-19-38-30-11-9-8-10-29(28)30)41(6)36(45)24(4)39-34(43)23(3)17-21/h8-16,19,22-25,31-33,38,42H,17-18,20H2,1-7H3,(H,39,43)(H,40,44)/b21-16+/t22-,23+,24+,25-,31-,32-,33+/m1/s1. The van der Waals surface area contributed by atoms with Gasteiger partial charge in [0, 0.05) is 49.5 Å². The second-order valence-corrected chi connectivity index (χ2v) is 12.9. The molecule has 0 spiro atoms. The molecule has 3 amide bonds. The number of allylic oxidation sites excluding steroid dienone is 1. The Bertz CT molecular complexity index is 1630. The van der Waals surface area contributed by atoms with Crippen molar-refractivity contribution in [2.24, 2.45) is 11.8 Å². The molecule has 0 fully saturated rings. The number of cyclic esters (lactones) is 1. The van der Waals surface area contributed by atoms with Gasteiger partial charge in [-0.2, -0.15) is 0 Å². The highest BCUT2D eigenvalue weighted by molar-refractivity contribution is 5.93. The fraction of sp³-hybridized carbons (Fsp3) is 0.459. The first-order chi connectivity index (χ1) is 22.8. The number of carbonyl (C=O) groups excluding carboxylic acids is 4. The van der Waals surface area contributed by atoms with Gasteiger partial charge in [-0.05, 0) is 49.9 Å². The number of nitrogens with zero attached hydrogens (tertiary/aromatic N) is 1. The van der Waals surface area contributed by atoms with E-state index in [9.17, 15) is 24.3 Å². The van der Waals surface area contributed by atoms with E-state index >= 15 is 0 Å². The highest BCUT2D eigenvalue weighted by Crippen LogP contribution is 2.26. The Balaban J connectivity index is 1.80. The molecular formula is C37H48N4O7. The largest absolute Gasteiger partial charge is 0.460 e. The van der Waals surface area contributed by atoms with Crippen molar-refractivity contribution >= 4 is 34.6 Å². The zero-order chi connectivity index (χ0) is 35.1. The topological polar surface area (TPSA) is 150 Å². The van der Waals surface area contributed by atoms with Gasteiger partial charge in [0.2, 0.25) is 17.7 Å². The van der Waals surface area contributed by atoms with E-state index in [1.54, 1.807) is 45.0 Å². The average Bonchev–Trinajstić information content (AvgIpc) is 3.48. The van der Waals surface area contributed by atoms with Gasteiger partial charge in [0.15, 0.2) is 6.10 Å². The molecule has 2 aromatic carbocycles. The summed E-state index contributed by atoms with van der Waals surface area (Å²) in [4.78, 5) is 59.8. The van der Waals surface area contributed by atoms with E-state index in [2.05, 4.69) is 15.6 Å². The smallest absolute Gasteiger partial charge is 0.338 e. The number of carbonyl (C=O) groups is 4. The number of fused-ring (bicyclic) bond motifs is 1. The molecular weight excluding hydrogens is 612 g/mol. The van der Waals surface area contributed by atoms with Crippen LogP contribution in [0.25, 0.3) is 10.9 Å². The number of hydrogen-bond acceptors (Lipinski definition) is 7. The fourth-order valence-electron chi connectivity index (χ4n) is 6.16. The molecule has 0 saturated carbocycles. The number of aromatic amines is 1. The molecule has 7 atom stereocenters. The van der Waals surface area contributed by atoms with Crippen LogP contribution in [-0.2, 0) is 41.7 Å². The van der Waals surface area contributed by atoms with E-state index in [4.69, 9.17) is 9.47 Å². The molecule has 3 aromatic rings. The monoisotopic (exact) mass is 660 g/mol. The molecule has 1 aromatic heterocycles. The zero-order valence-corrected chi connectivity index (χ0v) is 28.8. The summed E-state index contributed by atoms with van der Waals surface area (Å²) in [7, 11) is 2.91. The number of para-hydroxylation sites is 1. The lowest BCUT2D eigenvalue weighted by Crippen LogP contribution is -2.56. The first-order valence-electron chi connectivity index (χ1n) is 16.4. The molecule has 0 bridgehead atoms. The van der Waals surface area contributed by atoms with Gasteiger partial charge in [0.25, 0.3) is 0 Å². The number of methoxy groups -OCH3 is 1. The fourth-order valence-corrected chi connectivity index (χ4v) is 6.16. The average molecular weight is 661 g/mol. The minimum absolute atomic E-state index is 0.145. The molecule has 0 unspecified atom stereocenters. The molecule has 1 aliphatic rings. The first kappa shape index (κ1) is 36.4. The summed E-state index contributed by atoms with van der Waals surface area (Å²) in [5, 5.41) is 16.4. The number of H-pyrrole nitrogens is 1. The number of nitrogens with one attached hydrogen (secondary N) is 3. The van der Waals surface area contributed by atoms with Crippen molar-refractivity contribution < 1.29 is 33.8 Å². The molecule has 1 aliphatic heterocycles. The number of esters is 1. The predicted molar refractivity (Wildman–Crippen MR) is 182 cm³/mol. The van der Waals surface area contributed by atoms with E-state index < -0.39 is 54.0 Å². The molecule has 0 saturated heterocycles. The van der Waals surface area contributed by atoms with E-state index in [0.29, 0.717) is 17.5 Å². The summed E-state index contributed by atoms with van der Waals surface area (Å²) in [6.07, 6.45) is 2.60. The van der Waals surface area contributed by atoms with Gasteiger partial charge in [-0.25, -0.2) is 4.79 Å². The van der Waals surface area contributed by atoms with Gasteiger partial charge in [-0.1, -0.05) is 68.0 Å². The summed E-state index contributed by atoms with van der Waals surface area (Å²) in [5.41, 5.74) is 3.84. The molecule has 11 heteroatoms. The number of likely N-dealkylation sites (N-methyl/N-ethyl adjacent to an activating group) is 1. The third-order valence-electron chi connectivity index (χ3n) is 9.21. The lowest BCUT2D eigenvalue weighted by atomic mass is 9.95. The maximum atomic E-state index is 14.4. The molecule has 2 heterocycles. The van der Waals surface area contributed by atoms with Crippen molar-refractivity contribution in [3.63, 3.8) is 0 Å². The number of aliphatic hydroxyl groups is 1. The maximum absolute atomic E-state index is 14.4. The Kier molecular flexibility index (Phi) is 12.2. The summed E-state index contributed by atoms with van der Waals surface area (Å²) in [6.45, 7) is 8.86. The highest BCUT2D eigenvalue weighted by Gasteiger charge is 2.38. The first-order valence-corrected chi connectivity index (χ1v) is 16.4. The van der Waals surface area contributed by atoms with Crippen LogP contribution in [0, 0.1) is 11.8 Å². The van der Waals surface area contributed by atoms with Crippen LogP contribution in [0.2, 0.25) is 0 Å². The summed E-state index contributed by atoms with van der Waals surface area (Å²) >= 11 is 0. The van der Waals surface area contributed by atoms with Crippen molar-refractivity contribution in [1.82, 2.24) is 20.5 Å². The van der Waals surface area contributed by atoms with Crippen LogP contribution in [0.5, 0.6) is 0 Å². The van der Waals surface area contributed by atoms with Crippen LogP contribution in [0.3, 0.4) is 0 Å². The minimum atomic E-state index is -1.24. The van der Waals surface area contributed by atoms with Crippen molar-refractivity contribution in [2.45, 2.75) is 84.4 Å². The number of rotatable bonds is 5. The normalized spacial score (nSPS) is 28.1. The Labute approximate surface area is 282 Å². The van der Waals surface area contributed by atoms with E-state index in [1.807, 2.05) is 50.4 Å². The van der Waals surface area contributed by atoms with Crippen LogP contribution in [0.4, 0.5) is 0 Å². The third kappa shape index (κ3) is 8.51. The van der Waals surface area contributed by atoms with Gasteiger partial charge in [-0.15, -0.1) is 0 Å². The van der Waals surface area contributed by atoms with Crippen LogP contribution in [0.15, 0.2) is 66.4 Å². The third-order valence-corrected chi connectivity index (χ3v) is 9.21. The summed E-state index contributed by atoms with van der Waals surface area (Å²) < 4.78 is 11.6. The minimum Gasteiger partial charge on any atom is -0.460 e. The summed E-state index contributed by atoms with van der Waals surface area (Å²) in [6, 6.07) is 11.5. The van der Waals surface area contributed by atoms with E-state index in [1.165, 1.54) is 19.1 Å². The molecule has 48 heavy (non-hydrogen) atoms. The van der Waals surface area contributed by atoms with Gasteiger partial charge in [-0.3, -0.25) is 14.4 Å². The zero-order valence-electron chi connectivity index (χ0n) is 28.8. The molecule has 4 rings (SSSR count). The maximum Gasteiger partial charge on any atom is 0.338 e. The number of aromatic nitrogens is 1. The number of ether oxygens (including phenoxy) is 2. The number of aliphatic hydroxyl groups excluding tert-OH is 1. The number of hydrogen-bond donors (Lipinski definition) is 4. The second-order valence-electron chi connectivity index (χ2n) is 12.9. The SMILES string of the molecule is CO[C@@H]1C(=O)O[C@H](C)[C@H](C)/C=C(\C)C[C@H](C)C(=O)N[C@@H](C)C(=O)N(C)[C@H](Cc2c[nH]c3ccccc23)C(=O)N[C@@H]1c1ccc(CO)cc1. The molecule has 4 N–H and O–H groups in total. The lowest BCUT2D eigenvalue weighted by Gasteiger charge is -2.33. The Morgan fingerprint density at radius 1 is 0.958 bits per heavy atom. The van der Waals surface area contributed by atoms with Crippen molar-refractivity contribution in [3.8, 4) is 0 Å². The van der Waals surface area contributed by atoms with E-state index in [-0.39, 0.29) is 24.9 Å². The van der Waals surface area contributed by atoms with Crippen LogP contribution < -0.4 is 10.6 Å². The Morgan fingerprint density at radius 2 is 1.65 bits per heavy atom. The van der Waals surface area contributed by atoms with Crippen LogP contribution >= 0.6 is 0 Å². The van der Waals surface area contributed by atoms with Crippen molar-refractivity contribution in [1.29, 1.82) is 0 Å². The second kappa shape index (κ2) is 16.1. The molecule has 0 aliphatic carbocycles. The molecule has 258 valence electrons. The van der Waals surface area contributed by atoms with Gasteiger partial charge >= 0.3 is 5.97 Å². The quantitative estimate of drug-likeness (QED) is 0.239. The van der Waals surface area contributed by atoms with Crippen LogP contribution in [-0.4, -0.2) is 77.1 Å². The Morgan fingerprint density at radius 3 is 2.31 bits per heavy atom. The molecule has 0 radical (unpaired) electrons. The molecule has 11 nitrogen and oxygen atoms in total. The van der Waals surface area contributed by atoms with Gasteiger partial charge in [0.05, 0.1) is 12.6 Å². The van der Waals surface area contributed by atoms with Crippen LogP contribution in [0.1, 0.15) is 63.8 Å². The van der Waals surface area contributed by atoms with E-state index in [0.717, 1.165) is 22.0 Å². The highest BCUT2D eigenvalue weighted by atomic mass is 16.6. The van der Waals surface area contributed by atoms with Crippen molar-refractivity contribution in [2.75, 3.05) is 14.2 Å².